The van der Waals surface area contributed by atoms with E-state index in [0.717, 1.165) is 67.5 Å². The molecule has 11 aromatic carbocycles. The van der Waals surface area contributed by atoms with Gasteiger partial charge in [0, 0.05) is 51.5 Å². The second-order valence-electron chi connectivity index (χ2n) is 17.6. The van der Waals surface area contributed by atoms with Crippen LogP contribution in [0.4, 0.5) is 34.1 Å². The molecular formula is C65H44N2O. The van der Waals surface area contributed by atoms with Gasteiger partial charge in [0.25, 0.3) is 0 Å². The molecule has 11 aromatic rings. The van der Waals surface area contributed by atoms with Crippen LogP contribution in [0.3, 0.4) is 0 Å². The first-order chi connectivity index (χ1) is 33.7. The van der Waals surface area contributed by atoms with Gasteiger partial charge in [-0.2, -0.15) is 0 Å². The lowest BCUT2D eigenvalue weighted by Crippen LogP contribution is -2.28. The van der Waals surface area contributed by atoms with Crippen LogP contribution in [0, 0.1) is 0 Å². The van der Waals surface area contributed by atoms with E-state index in [1.54, 1.807) is 0 Å². The molecule has 320 valence electrons. The molecule has 0 radical (unpaired) electrons. The van der Waals surface area contributed by atoms with E-state index < -0.39 is 5.41 Å². The van der Waals surface area contributed by atoms with Crippen molar-refractivity contribution < 1.29 is 4.74 Å². The summed E-state index contributed by atoms with van der Waals surface area (Å²) < 4.78 is 7.14. The zero-order valence-electron chi connectivity index (χ0n) is 37.2. The van der Waals surface area contributed by atoms with Crippen LogP contribution in [-0.2, 0) is 5.41 Å². The molecule has 0 saturated heterocycles. The highest BCUT2D eigenvalue weighted by atomic mass is 16.5. The van der Waals surface area contributed by atoms with Gasteiger partial charge in [-0.1, -0.05) is 188 Å². The van der Waals surface area contributed by atoms with E-state index in [2.05, 4.69) is 277 Å². The molecule has 3 heteroatoms. The van der Waals surface area contributed by atoms with Gasteiger partial charge in [-0.3, -0.25) is 0 Å². The molecule has 0 fully saturated rings. The van der Waals surface area contributed by atoms with Crippen LogP contribution in [-0.4, -0.2) is 0 Å². The standard InChI is InChI=1S/C65H44N2O/c1-6-19-45(20-7-1)46-33-35-52(36-34-46)67(53-38-40-61-59(42-53)56-30-16-17-32-60(56)65(61,48-22-8-2-9-23-48)49-24-10-3-11-25-49)55-41-47-21-18-31-58-57-39-37-54(43-62(57)68-63(44-55)64(47)58)66(50-26-12-4-13-27-50)51-28-14-5-15-29-51/h1-44H. The molecule has 0 unspecified atom stereocenters. The average molecular weight is 869 g/mol. The van der Waals surface area contributed by atoms with Crippen molar-refractivity contribution in [2.45, 2.75) is 5.41 Å². The van der Waals surface area contributed by atoms with Gasteiger partial charge in [-0.25, -0.2) is 0 Å². The largest absolute Gasteiger partial charge is 0.456 e. The quantitative estimate of drug-likeness (QED) is 0.144. The van der Waals surface area contributed by atoms with Crippen molar-refractivity contribution in [3.63, 3.8) is 0 Å². The molecule has 13 rings (SSSR count). The highest BCUT2D eigenvalue weighted by Crippen LogP contribution is 2.58. The highest BCUT2D eigenvalue weighted by molar-refractivity contribution is 6.07. The van der Waals surface area contributed by atoms with Crippen LogP contribution in [0.15, 0.2) is 267 Å². The second kappa shape index (κ2) is 16.2. The smallest absolute Gasteiger partial charge is 0.138 e. The molecule has 0 aromatic heterocycles. The summed E-state index contributed by atoms with van der Waals surface area (Å²) in [6.07, 6.45) is 0. The fourth-order valence-electron chi connectivity index (χ4n) is 10.9. The Morgan fingerprint density at radius 1 is 0.279 bits per heavy atom. The van der Waals surface area contributed by atoms with E-state index in [1.165, 1.54) is 44.5 Å². The summed E-state index contributed by atoms with van der Waals surface area (Å²) in [6, 6.07) is 96.5. The van der Waals surface area contributed by atoms with Crippen LogP contribution < -0.4 is 14.5 Å². The van der Waals surface area contributed by atoms with Crippen molar-refractivity contribution in [3.8, 4) is 44.9 Å². The molecule has 1 aliphatic carbocycles. The molecule has 0 spiro atoms. The molecule has 0 amide bonds. The third-order valence-corrected chi connectivity index (χ3v) is 13.9. The topological polar surface area (TPSA) is 15.7 Å². The van der Waals surface area contributed by atoms with Crippen LogP contribution in [0.1, 0.15) is 22.3 Å². The van der Waals surface area contributed by atoms with Gasteiger partial charge in [0.2, 0.25) is 0 Å². The number of hydrogen-bond donors (Lipinski definition) is 0. The van der Waals surface area contributed by atoms with Crippen molar-refractivity contribution >= 4 is 44.9 Å². The predicted molar refractivity (Wildman–Crippen MR) is 282 cm³/mol. The molecule has 0 saturated carbocycles. The Morgan fingerprint density at radius 2 is 0.765 bits per heavy atom. The Labute approximate surface area is 397 Å². The Morgan fingerprint density at radius 3 is 1.44 bits per heavy atom. The number of ether oxygens (including phenoxy) is 1. The molecule has 68 heavy (non-hydrogen) atoms. The molecule has 2 aliphatic rings. The van der Waals surface area contributed by atoms with Gasteiger partial charge in [-0.15, -0.1) is 0 Å². The van der Waals surface area contributed by atoms with E-state index in [1.807, 2.05) is 0 Å². The number of hydrogen-bond acceptors (Lipinski definition) is 3. The van der Waals surface area contributed by atoms with Crippen LogP contribution >= 0.6 is 0 Å². The zero-order valence-corrected chi connectivity index (χ0v) is 37.2. The minimum Gasteiger partial charge on any atom is -0.456 e. The minimum atomic E-state index is -0.491. The summed E-state index contributed by atoms with van der Waals surface area (Å²) >= 11 is 0. The number of para-hydroxylation sites is 2. The van der Waals surface area contributed by atoms with Crippen molar-refractivity contribution in [3.05, 3.63) is 289 Å². The number of rotatable bonds is 9. The number of fused-ring (bicyclic) bond motifs is 5. The Hall–Kier alpha value is -8.92. The number of benzene rings is 11. The fourth-order valence-corrected chi connectivity index (χ4v) is 10.9. The van der Waals surface area contributed by atoms with Crippen LogP contribution in [0.25, 0.3) is 44.2 Å². The van der Waals surface area contributed by atoms with E-state index in [4.69, 9.17) is 4.74 Å². The first kappa shape index (κ1) is 39.4. The molecule has 1 aliphatic heterocycles. The number of anilines is 6. The maximum Gasteiger partial charge on any atom is 0.138 e. The first-order valence-electron chi connectivity index (χ1n) is 23.3. The minimum absolute atomic E-state index is 0.491. The zero-order chi connectivity index (χ0) is 45.0. The monoisotopic (exact) mass is 868 g/mol. The summed E-state index contributed by atoms with van der Waals surface area (Å²) in [5.74, 6) is 1.65. The third-order valence-electron chi connectivity index (χ3n) is 13.9. The maximum absolute atomic E-state index is 7.14. The molecule has 0 atom stereocenters. The highest BCUT2D eigenvalue weighted by Gasteiger charge is 2.46. The summed E-state index contributed by atoms with van der Waals surface area (Å²) in [7, 11) is 0. The Balaban J connectivity index is 0.989. The van der Waals surface area contributed by atoms with Gasteiger partial charge in [0.15, 0.2) is 0 Å². The third kappa shape index (κ3) is 6.35. The van der Waals surface area contributed by atoms with E-state index in [9.17, 15) is 0 Å². The number of nitrogens with zero attached hydrogens (tertiary/aromatic N) is 2. The summed E-state index contributed by atoms with van der Waals surface area (Å²) in [6.45, 7) is 0. The second-order valence-corrected chi connectivity index (χ2v) is 17.6. The lowest BCUT2D eigenvalue weighted by molar-refractivity contribution is 0.487. The van der Waals surface area contributed by atoms with Gasteiger partial charge in [-0.05, 0) is 122 Å². The van der Waals surface area contributed by atoms with Gasteiger partial charge < -0.3 is 14.5 Å². The lowest BCUT2D eigenvalue weighted by Gasteiger charge is -2.34. The van der Waals surface area contributed by atoms with Gasteiger partial charge in [0.1, 0.15) is 11.5 Å². The maximum atomic E-state index is 7.14. The summed E-state index contributed by atoms with van der Waals surface area (Å²) in [4.78, 5) is 4.68. The summed E-state index contributed by atoms with van der Waals surface area (Å²) in [5, 5.41) is 2.22. The van der Waals surface area contributed by atoms with Crippen molar-refractivity contribution in [2.24, 2.45) is 0 Å². The average Bonchev–Trinajstić information content (AvgIpc) is 3.71. The van der Waals surface area contributed by atoms with Crippen molar-refractivity contribution in [1.82, 2.24) is 0 Å². The van der Waals surface area contributed by atoms with Crippen molar-refractivity contribution in [1.29, 1.82) is 0 Å². The molecular weight excluding hydrogens is 825 g/mol. The fraction of sp³-hybridized carbons (Fsp3) is 0.0154. The Bertz CT molecular complexity index is 3550. The molecule has 3 nitrogen and oxygen atoms in total. The van der Waals surface area contributed by atoms with Crippen LogP contribution in [0.5, 0.6) is 11.5 Å². The first-order valence-corrected chi connectivity index (χ1v) is 23.3. The Kier molecular flexibility index (Phi) is 9.40. The molecule has 0 N–H and O–H groups in total. The SMILES string of the molecule is c1ccc(-c2ccc(N(c3ccc4c(c3)-c3ccccc3C4(c3ccccc3)c3ccccc3)c3cc4c5c(cccc5c3)-c3ccc(N(c5ccccc5)c5ccccc5)cc3O4)cc2)cc1. The summed E-state index contributed by atoms with van der Waals surface area (Å²) in [5.41, 5.74) is 17.9. The molecule has 0 bridgehead atoms. The van der Waals surface area contributed by atoms with Gasteiger partial charge >= 0.3 is 0 Å². The normalized spacial score (nSPS) is 12.6. The van der Waals surface area contributed by atoms with E-state index in [0.29, 0.717) is 0 Å². The predicted octanol–water partition coefficient (Wildman–Crippen LogP) is 17.6. The van der Waals surface area contributed by atoms with Gasteiger partial charge in [0.05, 0.1) is 11.1 Å². The molecule has 1 heterocycles. The van der Waals surface area contributed by atoms with E-state index >= 15 is 0 Å². The van der Waals surface area contributed by atoms with Crippen molar-refractivity contribution in [2.75, 3.05) is 9.80 Å². The van der Waals surface area contributed by atoms with Crippen LogP contribution in [0.2, 0.25) is 0 Å². The lowest BCUT2D eigenvalue weighted by atomic mass is 9.68. The van der Waals surface area contributed by atoms with E-state index in [-0.39, 0.29) is 0 Å².